The van der Waals surface area contributed by atoms with Crippen molar-refractivity contribution >= 4 is 17.6 Å². The Labute approximate surface area is 154 Å². The van der Waals surface area contributed by atoms with Crippen molar-refractivity contribution < 1.29 is 19.0 Å². The molecule has 1 aliphatic rings. The Bertz CT molecular complexity index is 965. The number of benzene rings is 1. The molecule has 1 N–H and O–H groups in total. The molecule has 3 rings (SSSR count). The van der Waals surface area contributed by atoms with Crippen LogP contribution in [-0.2, 0) is 9.53 Å². The van der Waals surface area contributed by atoms with Crippen molar-refractivity contribution in [2.24, 2.45) is 15.9 Å². The van der Waals surface area contributed by atoms with Crippen molar-refractivity contribution in [1.82, 2.24) is 4.98 Å². The third-order valence-corrected chi connectivity index (χ3v) is 4.48. The van der Waals surface area contributed by atoms with Crippen LogP contribution in [0.1, 0.15) is 20.3 Å². The Morgan fingerprint density at radius 3 is 2.65 bits per heavy atom. The minimum absolute atomic E-state index is 0.0249. The number of esters is 1. The highest BCUT2D eigenvalue weighted by Gasteiger charge is 2.39. The first-order valence-corrected chi connectivity index (χ1v) is 8.48. The first-order valence-electron chi connectivity index (χ1n) is 8.10. The fraction of sp³-hybridized carbons (Fsp3) is 0.333. The highest BCUT2D eigenvalue weighted by atomic mass is 35.5. The molecule has 1 aromatic carbocycles. The molecule has 26 heavy (non-hydrogen) atoms. The number of carbonyl (C=O) groups is 1. The minimum atomic E-state index is -1.81. The number of hydrogen-bond acceptors (Lipinski definition) is 6. The van der Waals surface area contributed by atoms with E-state index >= 15 is 0 Å². The topological polar surface area (TPSA) is 84.1 Å². The van der Waals surface area contributed by atoms with Crippen LogP contribution in [0.2, 0.25) is 5.02 Å². The molecule has 2 atom stereocenters. The molecule has 1 aromatic heterocycles. The van der Waals surface area contributed by atoms with Crippen LogP contribution in [0.25, 0.3) is 11.1 Å². The number of pyridine rings is 1. The highest BCUT2D eigenvalue weighted by molar-refractivity contribution is 6.33. The zero-order chi connectivity index (χ0) is 18.9. The molecule has 1 aliphatic heterocycles. The van der Waals surface area contributed by atoms with Gasteiger partial charge in [0.1, 0.15) is 17.8 Å². The van der Waals surface area contributed by atoms with Crippen LogP contribution in [0.15, 0.2) is 40.4 Å². The van der Waals surface area contributed by atoms with Gasteiger partial charge in [-0.2, -0.15) is 0 Å². The van der Waals surface area contributed by atoms with E-state index < -0.39 is 17.7 Å². The fourth-order valence-corrected chi connectivity index (χ4v) is 3.04. The Balaban J connectivity index is 2.10. The molecule has 136 valence electrons. The predicted molar refractivity (Wildman–Crippen MR) is 92.3 cm³/mol. The van der Waals surface area contributed by atoms with Crippen LogP contribution in [0, 0.1) is 11.7 Å². The van der Waals surface area contributed by atoms with Crippen molar-refractivity contribution in [3.8, 4) is 11.1 Å². The van der Waals surface area contributed by atoms with Gasteiger partial charge in [-0.15, -0.1) is 0 Å². The fourth-order valence-electron chi connectivity index (χ4n) is 2.80. The first kappa shape index (κ1) is 18.4. The third kappa shape index (κ3) is 3.45. The number of ether oxygens (including phenoxy) is 1. The zero-order valence-corrected chi connectivity index (χ0v) is 15.0. The zero-order valence-electron chi connectivity index (χ0n) is 14.2. The van der Waals surface area contributed by atoms with Gasteiger partial charge in [0.2, 0.25) is 0 Å². The lowest BCUT2D eigenvalue weighted by molar-refractivity contribution is -0.145. The van der Waals surface area contributed by atoms with E-state index in [0.717, 1.165) is 0 Å². The third-order valence-electron chi connectivity index (χ3n) is 4.20. The molecule has 8 heteroatoms. The molecule has 0 saturated carbocycles. The van der Waals surface area contributed by atoms with Gasteiger partial charge >= 0.3 is 5.97 Å². The van der Waals surface area contributed by atoms with Crippen LogP contribution in [0.4, 0.5) is 4.39 Å². The van der Waals surface area contributed by atoms with Gasteiger partial charge in [0, 0.05) is 18.7 Å². The second-order valence-electron chi connectivity index (χ2n) is 5.98. The molecule has 2 aromatic rings. The lowest BCUT2D eigenvalue weighted by Gasteiger charge is -2.25. The van der Waals surface area contributed by atoms with E-state index in [2.05, 4.69) is 15.0 Å². The van der Waals surface area contributed by atoms with Crippen LogP contribution < -0.4 is 10.8 Å². The van der Waals surface area contributed by atoms with Gasteiger partial charge in [0.25, 0.3) is 5.85 Å². The minimum Gasteiger partial charge on any atom is -0.465 e. The Kier molecular flexibility index (Phi) is 5.02. The van der Waals surface area contributed by atoms with Crippen molar-refractivity contribution in [2.45, 2.75) is 26.1 Å². The summed E-state index contributed by atoms with van der Waals surface area (Å²) >= 11 is 6.28. The predicted octanol–water partition coefficient (Wildman–Crippen LogP) is 2.03. The number of rotatable bonds is 5. The molecule has 0 aliphatic carbocycles. The summed E-state index contributed by atoms with van der Waals surface area (Å²) in [4.78, 5) is 23.8. The van der Waals surface area contributed by atoms with Crippen LogP contribution in [-0.4, -0.2) is 28.5 Å². The number of halogens is 2. The van der Waals surface area contributed by atoms with Gasteiger partial charge in [-0.25, -0.2) is 19.4 Å². The highest BCUT2D eigenvalue weighted by Crippen LogP contribution is 2.28. The van der Waals surface area contributed by atoms with Gasteiger partial charge < -0.3 is 9.84 Å². The number of aromatic nitrogens is 1. The lowest BCUT2D eigenvalue weighted by Crippen LogP contribution is -2.36. The van der Waals surface area contributed by atoms with E-state index in [9.17, 15) is 14.3 Å². The second-order valence-corrected chi connectivity index (χ2v) is 6.39. The van der Waals surface area contributed by atoms with Crippen molar-refractivity contribution in [3.63, 3.8) is 0 Å². The summed E-state index contributed by atoms with van der Waals surface area (Å²) in [7, 11) is 0. The van der Waals surface area contributed by atoms with Gasteiger partial charge in [-0.1, -0.05) is 30.7 Å². The van der Waals surface area contributed by atoms with Crippen LogP contribution in [0.5, 0.6) is 0 Å². The summed E-state index contributed by atoms with van der Waals surface area (Å²) in [5.74, 6) is -3.17. The molecular formula is C18H17ClFN3O3. The standard InChI is InChI=1S/C18H17ClFN3O3/c1-3-12(9-26-10(2)24)18(25)22-16-15(11-4-6-13(20)7-5-11)14(19)8-21-17(16)23-18/h4-8,12,25H,3,9H2,1-2H3/t12-,18?/m0/s1. The Morgan fingerprint density at radius 2 is 2.04 bits per heavy atom. The van der Waals surface area contributed by atoms with Crippen molar-refractivity contribution in [2.75, 3.05) is 6.61 Å². The lowest BCUT2D eigenvalue weighted by atomic mass is 10.0. The van der Waals surface area contributed by atoms with Crippen LogP contribution >= 0.6 is 11.6 Å². The summed E-state index contributed by atoms with van der Waals surface area (Å²) in [6, 6.07) is 5.76. The quantitative estimate of drug-likeness (QED) is 0.808. The van der Waals surface area contributed by atoms with E-state index in [1.807, 2.05) is 6.92 Å². The molecule has 0 fully saturated rings. The maximum absolute atomic E-state index is 13.2. The van der Waals surface area contributed by atoms with E-state index in [-0.39, 0.29) is 17.9 Å². The van der Waals surface area contributed by atoms with Crippen molar-refractivity contribution in [1.29, 1.82) is 0 Å². The molecule has 0 saturated heterocycles. The molecule has 0 amide bonds. The SMILES string of the molecule is CC[C@@H](COC(C)=O)C1(O)N=c2ncc(Cl)c(-c3ccc(F)cc3)c2=N1. The molecule has 2 heterocycles. The smallest absolute Gasteiger partial charge is 0.302 e. The molecular weight excluding hydrogens is 361 g/mol. The maximum Gasteiger partial charge on any atom is 0.302 e. The molecule has 0 bridgehead atoms. The van der Waals surface area contributed by atoms with E-state index in [0.29, 0.717) is 27.9 Å². The average molecular weight is 378 g/mol. The molecule has 0 radical (unpaired) electrons. The number of carbonyl (C=O) groups excluding carboxylic acids is 1. The monoisotopic (exact) mass is 377 g/mol. The summed E-state index contributed by atoms with van der Waals surface area (Å²) < 4.78 is 18.2. The first-order chi connectivity index (χ1) is 12.3. The largest absolute Gasteiger partial charge is 0.465 e. The summed E-state index contributed by atoms with van der Waals surface area (Å²) in [6.45, 7) is 3.10. The molecule has 0 spiro atoms. The summed E-state index contributed by atoms with van der Waals surface area (Å²) in [6.07, 6.45) is 1.89. The number of aliphatic hydroxyl groups is 1. The summed E-state index contributed by atoms with van der Waals surface area (Å²) in [5.41, 5.74) is 1.38. The van der Waals surface area contributed by atoms with Gasteiger partial charge in [0.05, 0.1) is 10.9 Å². The van der Waals surface area contributed by atoms with Gasteiger partial charge in [0.15, 0.2) is 5.49 Å². The maximum atomic E-state index is 13.2. The van der Waals surface area contributed by atoms with Crippen LogP contribution in [0.3, 0.4) is 0 Å². The molecule has 6 nitrogen and oxygen atoms in total. The van der Waals surface area contributed by atoms with E-state index in [4.69, 9.17) is 16.3 Å². The van der Waals surface area contributed by atoms with Crippen molar-refractivity contribution in [3.05, 3.63) is 52.1 Å². The molecule has 1 unspecified atom stereocenters. The Morgan fingerprint density at radius 1 is 1.35 bits per heavy atom. The normalized spacial score (nSPS) is 19.3. The number of nitrogens with zero attached hydrogens (tertiary/aromatic N) is 3. The number of fused-ring (bicyclic) bond motifs is 1. The van der Waals surface area contributed by atoms with Gasteiger partial charge in [-0.05, 0) is 24.1 Å². The Hall–Kier alpha value is -2.38. The van der Waals surface area contributed by atoms with E-state index in [1.165, 1.54) is 25.3 Å². The average Bonchev–Trinajstić information content (AvgIpc) is 2.93. The van der Waals surface area contributed by atoms with Gasteiger partial charge in [-0.3, -0.25) is 4.79 Å². The van der Waals surface area contributed by atoms with E-state index in [1.54, 1.807) is 12.1 Å². The number of hydrogen-bond donors (Lipinski definition) is 1. The summed E-state index contributed by atoms with van der Waals surface area (Å²) in [5, 5.41) is 11.6. The second kappa shape index (κ2) is 7.09.